The van der Waals surface area contributed by atoms with Crippen LogP contribution < -0.4 is 4.74 Å². The number of H-pyrrole nitrogens is 1. The van der Waals surface area contributed by atoms with Gasteiger partial charge in [-0.15, -0.1) is 0 Å². The van der Waals surface area contributed by atoms with Crippen molar-refractivity contribution in [3.05, 3.63) is 54.0 Å². The summed E-state index contributed by atoms with van der Waals surface area (Å²) in [6, 6.07) is 11.4. The number of hydrogen-bond acceptors (Lipinski definition) is 5. The van der Waals surface area contributed by atoms with Crippen LogP contribution in [0.5, 0.6) is 5.75 Å². The van der Waals surface area contributed by atoms with Gasteiger partial charge in [0.15, 0.2) is 21.5 Å². The van der Waals surface area contributed by atoms with Crippen LogP contribution >= 0.6 is 0 Å². The molecule has 7 nitrogen and oxygen atoms in total. The van der Waals surface area contributed by atoms with Gasteiger partial charge in [-0.1, -0.05) is 18.2 Å². The molecule has 0 amide bonds. The van der Waals surface area contributed by atoms with Crippen molar-refractivity contribution in [3.8, 4) is 17.3 Å². The first-order valence-corrected chi connectivity index (χ1v) is 10.3. The van der Waals surface area contributed by atoms with E-state index in [1.165, 1.54) is 0 Å². The van der Waals surface area contributed by atoms with Crippen LogP contribution in [0.1, 0.15) is 23.9 Å². The van der Waals surface area contributed by atoms with E-state index in [1.807, 2.05) is 42.6 Å². The second kappa shape index (κ2) is 6.60. The monoisotopic (exact) mass is 372 g/mol. The number of nitrogens with one attached hydrogen (secondary N) is 1. The molecular weight excluding hydrogens is 352 g/mol. The van der Waals surface area contributed by atoms with Crippen LogP contribution in [0.4, 0.5) is 0 Å². The van der Waals surface area contributed by atoms with Gasteiger partial charge in [0, 0.05) is 18.2 Å². The molecule has 0 bridgehead atoms. The summed E-state index contributed by atoms with van der Waals surface area (Å²) in [5.74, 6) is 2.40. The fourth-order valence-electron chi connectivity index (χ4n) is 3.34. The minimum Gasteiger partial charge on any atom is -0.496 e. The summed E-state index contributed by atoms with van der Waals surface area (Å²) >= 11 is 0. The smallest absolute Gasteiger partial charge is 0.175 e. The number of para-hydroxylation sites is 1. The first-order chi connectivity index (χ1) is 12.6. The number of rotatable bonds is 5. The van der Waals surface area contributed by atoms with Crippen LogP contribution in [0.25, 0.3) is 11.5 Å². The van der Waals surface area contributed by atoms with Crippen molar-refractivity contribution in [1.82, 2.24) is 19.7 Å². The molecule has 1 N–H and O–H groups in total. The van der Waals surface area contributed by atoms with E-state index in [0.717, 1.165) is 17.0 Å². The number of hydrogen-bond donors (Lipinski definition) is 1. The van der Waals surface area contributed by atoms with Crippen LogP contribution in [0.3, 0.4) is 0 Å². The molecule has 136 valence electrons. The first kappa shape index (κ1) is 16.8. The van der Waals surface area contributed by atoms with Gasteiger partial charge in [-0.05, 0) is 24.6 Å². The Balaban J connectivity index is 1.72. The van der Waals surface area contributed by atoms with Crippen molar-refractivity contribution in [2.75, 3.05) is 18.6 Å². The molecular formula is C18H20N4O3S. The van der Waals surface area contributed by atoms with E-state index in [1.54, 1.807) is 11.8 Å². The molecule has 4 rings (SSSR count). The van der Waals surface area contributed by atoms with Gasteiger partial charge in [-0.3, -0.25) is 0 Å². The van der Waals surface area contributed by atoms with Crippen LogP contribution in [-0.2, 0) is 16.3 Å². The fraction of sp³-hybridized carbons (Fsp3) is 0.333. The van der Waals surface area contributed by atoms with Crippen molar-refractivity contribution >= 4 is 9.84 Å². The van der Waals surface area contributed by atoms with E-state index < -0.39 is 9.84 Å². The summed E-state index contributed by atoms with van der Waals surface area (Å²) < 4.78 is 31.0. The number of aromatic amines is 1. The van der Waals surface area contributed by atoms with Gasteiger partial charge in [0.2, 0.25) is 0 Å². The highest BCUT2D eigenvalue weighted by atomic mass is 32.2. The highest BCUT2D eigenvalue weighted by molar-refractivity contribution is 7.91. The molecule has 0 radical (unpaired) electrons. The Morgan fingerprint density at radius 2 is 2.12 bits per heavy atom. The molecule has 1 atom stereocenters. The van der Waals surface area contributed by atoms with Crippen molar-refractivity contribution in [3.63, 3.8) is 0 Å². The van der Waals surface area contributed by atoms with Gasteiger partial charge in [0.1, 0.15) is 5.75 Å². The zero-order valence-corrected chi connectivity index (χ0v) is 15.2. The van der Waals surface area contributed by atoms with Crippen molar-refractivity contribution in [2.45, 2.75) is 18.9 Å². The lowest BCUT2D eigenvalue weighted by molar-refractivity contribution is 0.410. The van der Waals surface area contributed by atoms with Crippen molar-refractivity contribution < 1.29 is 13.2 Å². The minimum absolute atomic E-state index is 0.109. The quantitative estimate of drug-likeness (QED) is 0.742. The molecule has 3 aromatic rings. The van der Waals surface area contributed by atoms with Crippen molar-refractivity contribution in [1.29, 1.82) is 0 Å². The number of sulfone groups is 1. The molecule has 0 aliphatic carbocycles. The number of methoxy groups -OCH3 is 1. The zero-order valence-electron chi connectivity index (χ0n) is 14.4. The average Bonchev–Trinajstić information content (AvgIpc) is 3.34. The Morgan fingerprint density at radius 1 is 1.27 bits per heavy atom. The largest absolute Gasteiger partial charge is 0.496 e. The number of ether oxygens (including phenoxy) is 1. The van der Waals surface area contributed by atoms with E-state index in [0.29, 0.717) is 24.5 Å². The average molecular weight is 372 g/mol. The lowest BCUT2D eigenvalue weighted by atomic mass is 10.1. The maximum atomic E-state index is 11.9. The van der Waals surface area contributed by atoms with Crippen molar-refractivity contribution in [2.24, 2.45) is 0 Å². The maximum Gasteiger partial charge on any atom is 0.175 e. The summed E-state index contributed by atoms with van der Waals surface area (Å²) in [6.45, 7) is 0. The zero-order chi connectivity index (χ0) is 18.1. The van der Waals surface area contributed by atoms with Gasteiger partial charge in [0.05, 0.1) is 30.4 Å². The van der Waals surface area contributed by atoms with Gasteiger partial charge in [0.25, 0.3) is 0 Å². The second-order valence-corrected chi connectivity index (χ2v) is 8.65. The number of aromatic nitrogens is 4. The molecule has 1 aliphatic heterocycles. The number of benzene rings is 1. The highest BCUT2D eigenvalue weighted by Gasteiger charge is 2.32. The Kier molecular flexibility index (Phi) is 4.28. The normalized spacial score (nSPS) is 18.9. The molecule has 1 aromatic carbocycles. The number of nitrogens with zero attached hydrogens (tertiary/aromatic N) is 3. The van der Waals surface area contributed by atoms with Gasteiger partial charge < -0.3 is 9.72 Å². The predicted octanol–water partition coefficient (Wildman–Crippen LogP) is 2.23. The van der Waals surface area contributed by atoms with E-state index in [9.17, 15) is 8.42 Å². The predicted molar refractivity (Wildman–Crippen MR) is 97.9 cm³/mol. The Morgan fingerprint density at radius 3 is 2.81 bits per heavy atom. The fourth-order valence-corrected chi connectivity index (χ4v) is 5.03. The highest BCUT2D eigenvalue weighted by Crippen LogP contribution is 2.29. The third kappa shape index (κ3) is 3.24. The Hall–Kier alpha value is -2.61. The molecule has 1 fully saturated rings. The van der Waals surface area contributed by atoms with Crippen LogP contribution in [0.2, 0.25) is 0 Å². The maximum absolute atomic E-state index is 11.9. The molecule has 0 spiro atoms. The summed E-state index contributed by atoms with van der Waals surface area (Å²) in [5, 5.41) is 4.65. The molecule has 2 aromatic heterocycles. The van der Waals surface area contributed by atoms with E-state index in [2.05, 4.69) is 15.1 Å². The minimum atomic E-state index is -3.01. The SMILES string of the molecule is COc1ccccc1Cc1nc(-c2ccc[nH]2)n(C2CCS(=O)(=O)C2)n1. The Labute approximate surface area is 152 Å². The molecule has 1 aliphatic rings. The van der Waals surface area contributed by atoms with Crippen LogP contribution in [0.15, 0.2) is 42.6 Å². The third-order valence-electron chi connectivity index (χ3n) is 4.61. The summed E-state index contributed by atoms with van der Waals surface area (Å²) in [4.78, 5) is 7.83. The molecule has 1 unspecified atom stereocenters. The molecule has 0 saturated carbocycles. The summed E-state index contributed by atoms with van der Waals surface area (Å²) in [6.07, 6.45) is 2.90. The lowest BCUT2D eigenvalue weighted by Crippen LogP contribution is -2.14. The molecule has 26 heavy (non-hydrogen) atoms. The molecule has 8 heteroatoms. The Bertz CT molecular complexity index is 1010. The van der Waals surface area contributed by atoms with Crippen LogP contribution in [-0.4, -0.2) is 46.8 Å². The molecule has 3 heterocycles. The second-order valence-electron chi connectivity index (χ2n) is 6.43. The first-order valence-electron chi connectivity index (χ1n) is 8.47. The van der Waals surface area contributed by atoms with Gasteiger partial charge in [-0.25, -0.2) is 18.1 Å². The van der Waals surface area contributed by atoms with Gasteiger partial charge >= 0.3 is 0 Å². The van der Waals surface area contributed by atoms with Crippen LogP contribution in [0, 0.1) is 0 Å². The topological polar surface area (TPSA) is 89.9 Å². The standard InChI is InChI=1S/C18H20N4O3S/c1-25-16-7-3-2-5-13(16)11-17-20-18(15-6-4-9-19-15)22(21-17)14-8-10-26(23,24)12-14/h2-7,9,14,19H,8,10-12H2,1H3. The lowest BCUT2D eigenvalue weighted by Gasteiger charge is -2.10. The van der Waals surface area contributed by atoms with E-state index in [4.69, 9.17) is 4.74 Å². The summed E-state index contributed by atoms with van der Waals surface area (Å²) in [5.41, 5.74) is 1.82. The van der Waals surface area contributed by atoms with Gasteiger partial charge in [-0.2, -0.15) is 5.10 Å². The summed E-state index contributed by atoms with van der Waals surface area (Å²) in [7, 11) is -1.37. The molecule has 1 saturated heterocycles. The third-order valence-corrected chi connectivity index (χ3v) is 6.36. The van der Waals surface area contributed by atoms with E-state index in [-0.39, 0.29) is 17.5 Å². The van der Waals surface area contributed by atoms with E-state index >= 15 is 0 Å².